The van der Waals surface area contributed by atoms with Crippen LogP contribution >= 0.6 is 0 Å². The molecule has 0 aromatic heterocycles. The molecule has 12 heteroatoms. The van der Waals surface area contributed by atoms with Crippen LogP contribution in [0.25, 0.3) is 0 Å². The molecule has 5 amide bonds. The lowest BCUT2D eigenvalue weighted by atomic mass is 9.86. The van der Waals surface area contributed by atoms with E-state index < -0.39 is 36.0 Å². The fourth-order valence-corrected chi connectivity index (χ4v) is 7.86. The molecule has 0 spiro atoms. The third-order valence-electron chi connectivity index (χ3n) is 11.0. The number of hydrogen-bond acceptors (Lipinski definition) is 7. The molecule has 2 aromatic rings. The van der Waals surface area contributed by atoms with Crippen LogP contribution in [0.5, 0.6) is 0 Å². The number of nitrogens with one attached hydrogen (secondary N) is 2. The fraction of sp³-hybridized carbons (Fsp3) is 0.614. The van der Waals surface area contributed by atoms with E-state index in [-0.39, 0.29) is 41.0 Å². The van der Waals surface area contributed by atoms with Gasteiger partial charge in [-0.2, -0.15) is 0 Å². The number of benzene rings is 2. The van der Waals surface area contributed by atoms with Crippen molar-refractivity contribution in [2.75, 3.05) is 34.7 Å². The summed E-state index contributed by atoms with van der Waals surface area (Å²) in [5, 5.41) is 5.92. The summed E-state index contributed by atoms with van der Waals surface area (Å²) in [5.41, 5.74) is 9.71. The molecule has 0 unspecified atom stereocenters. The fourth-order valence-electron chi connectivity index (χ4n) is 7.86. The molecule has 0 saturated heterocycles. The second-order valence-electron chi connectivity index (χ2n) is 18.6. The second-order valence-corrected chi connectivity index (χ2v) is 18.6. The molecule has 308 valence electrons. The molecule has 0 bridgehead atoms. The van der Waals surface area contributed by atoms with Gasteiger partial charge in [0.1, 0.15) is 18.1 Å². The van der Waals surface area contributed by atoms with E-state index in [1.54, 1.807) is 9.80 Å². The van der Waals surface area contributed by atoms with Crippen LogP contribution in [0.1, 0.15) is 95.9 Å². The third kappa shape index (κ3) is 11.9. The van der Waals surface area contributed by atoms with Gasteiger partial charge in [0, 0.05) is 32.5 Å². The quantitative estimate of drug-likeness (QED) is 0.233. The van der Waals surface area contributed by atoms with E-state index in [1.807, 2.05) is 86.5 Å². The number of fused-ring (bicyclic) bond motifs is 2. The van der Waals surface area contributed by atoms with Gasteiger partial charge >= 0.3 is 0 Å². The third-order valence-corrected chi connectivity index (χ3v) is 11.0. The predicted molar refractivity (Wildman–Crippen MR) is 220 cm³/mol. The van der Waals surface area contributed by atoms with Crippen molar-refractivity contribution in [3.05, 3.63) is 70.8 Å². The van der Waals surface area contributed by atoms with E-state index in [0.29, 0.717) is 58.2 Å². The first-order valence-electron chi connectivity index (χ1n) is 20.1. The van der Waals surface area contributed by atoms with E-state index in [1.165, 1.54) is 0 Å². The van der Waals surface area contributed by atoms with Gasteiger partial charge in [0.15, 0.2) is 0 Å². The molecular weight excluding hydrogens is 707 g/mol. The average Bonchev–Trinajstić information content (AvgIpc) is 3.12. The van der Waals surface area contributed by atoms with Gasteiger partial charge < -0.3 is 26.2 Å². The number of likely N-dealkylation sites (N-methyl/N-ethyl adjacent to an activating group) is 2. The van der Waals surface area contributed by atoms with Crippen LogP contribution in [0, 0.1) is 10.8 Å². The van der Waals surface area contributed by atoms with Crippen molar-refractivity contribution in [3.63, 3.8) is 0 Å². The highest BCUT2D eigenvalue weighted by atomic mass is 16.2. The molecule has 4 rings (SSSR count). The largest absolute Gasteiger partial charge is 0.368 e. The zero-order valence-electron chi connectivity index (χ0n) is 35.5. The summed E-state index contributed by atoms with van der Waals surface area (Å²) in [6.45, 7) is 13.6. The highest BCUT2D eigenvalue weighted by Crippen LogP contribution is 2.30. The van der Waals surface area contributed by atoms with Gasteiger partial charge in [0.2, 0.25) is 29.5 Å². The van der Waals surface area contributed by atoms with Crippen LogP contribution in [0.4, 0.5) is 0 Å². The maximum atomic E-state index is 14.2. The normalized spacial score (nSPS) is 18.8. The molecule has 2 aromatic carbocycles. The van der Waals surface area contributed by atoms with Crippen LogP contribution in [-0.4, -0.2) is 114 Å². The number of carbonyl (C=O) groups is 5. The number of hydrogen-bond donors (Lipinski definition) is 3. The molecule has 0 fully saturated rings. The molecule has 4 N–H and O–H groups in total. The number of primary amides is 1. The van der Waals surface area contributed by atoms with Gasteiger partial charge in [-0.3, -0.25) is 33.8 Å². The lowest BCUT2D eigenvalue weighted by molar-refractivity contribution is -0.146. The van der Waals surface area contributed by atoms with Crippen LogP contribution in [0.15, 0.2) is 48.5 Å². The Kier molecular flexibility index (Phi) is 14.9. The molecule has 2 aliphatic heterocycles. The first-order chi connectivity index (χ1) is 26.2. The molecule has 0 radical (unpaired) electrons. The Bertz CT molecular complexity index is 1710. The molecule has 0 saturated carbocycles. The van der Waals surface area contributed by atoms with Crippen molar-refractivity contribution in [1.82, 2.24) is 30.2 Å². The Balaban J connectivity index is 1.40. The monoisotopic (exact) mass is 774 g/mol. The number of rotatable bonds is 15. The van der Waals surface area contributed by atoms with Crippen LogP contribution in [0.2, 0.25) is 0 Å². The first-order valence-corrected chi connectivity index (χ1v) is 20.1. The summed E-state index contributed by atoms with van der Waals surface area (Å²) in [6.07, 6.45) is 3.33. The minimum atomic E-state index is -0.944. The van der Waals surface area contributed by atoms with Crippen molar-refractivity contribution < 1.29 is 24.0 Å². The SMILES string of the molecule is CN(C)[C@@H](CC(C)(C)C)C(=O)N1Cc2ccccc2C[C@H]1C(=O)NCCCC[C@H](NC(=O)[C@@H]1Cc2ccccc2CN1C(=O)[C@H](CC(C)(C)C)N(C)C)C(N)=O. The van der Waals surface area contributed by atoms with Gasteiger partial charge in [0.25, 0.3) is 0 Å². The van der Waals surface area contributed by atoms with Crippen LogP contribution in [0.3, 0.4) is 0 Å². The molecule has 2 heterocycles. The minimum absolute atomic E-state index is 0.0622. The molecule has 0 aliphatic carbocycles. The van der Waals surface area contributed by atoms with E-state index in [0.717, 1.165) is 22.3 Å². The number of carbonyl (C=O) groups excluding carboxylic acids is 5. The van der Waals surface area contributed by atoms with Gasteiger partial charge in [-0.25, -0.2) is 0 Å². The Morgan fingerprint density at radius 3 is 1.48 bits per heavy atom. The van der Waals surface area contributed by atoms with Gasteiger partial charge in [0.05, 0.1) is 12.1 Å². The van der Waals surface area contributed by atoms with Gasteiger partial charge in [-0.15, -0.1) is 0 Å². The zero-order valence-corrected chi connectivity index (χ0v) is 35.5. The molecule has 56 heavy (non-hydrogen) atoms. The number of unbranched alkanes of at least 4 members (excludes halogenated alkanes) is 1. The summed E-state index contributed by atoms with van der Waals surface area (Å²) in [4.78, 5) is 75.9. The predicted octanol–water partition coefficient (Wildman–Crippen LogP) is 3.88. The maximum Gasteiger partial charge on any atom is 0.243 e. The van der Waals surface area contributed by atoms with Crippen molar-refractivity contribution in [2.45, 2.75) is 130 Å². The van der Waals surface area contributed by atoms with Crippen LogP contribution in [-0.2, 0) is 49.9 Å². The van der Waals surface area contributed by atoms with E-state index >= 15 is 0 Å². The van der Waals surface area contributed by atoms with Crippen molar-refractivity contribution >= 4 is 29.5 Å². The summed E-state index contributed by atoms with van der Waals surface area (Å²) >= 11 is 0. The van der Waals surface area contributed by atoms with Crippen molar-refractivity contribution in [3.8, 4) is 0 Å². The Morgan fingerprint density at radius 2 is 1.09 bits per heavy atom. The van der Waals surface area contributed by atoms with E-state index in [4.69, 9.17) is 5.73 Å². The number of nitrogens with two attached hydrogens (primary N) is 1. The Labute approximate surface area is 334 Å². The highest BCUT2D eigenvalue weighted by molar-refractivity contribution is 5.93. The smallest absolute Gasteiger partial charge is 0.243 e. The zero-order chi connectivity index (χ0) is 41.5. The summed E-state index contributed by atoms with van der Waals surface area (Å²) < 4.78 is 0. The van der Waals surface area contributed by atoms with Gasteiger partial charge in [-0.1, -0.05) is 90.1 Å². The topological polar surface area (TPSA) is 148 Å². The Morgan fingerprint density at radius 1 is 0.679 bits per heavy atom. The highest BCUT2D eigenvalue weighted by Gasteiger charge is 2.41. The van der Waals surface area contributed by atoms with E-state index in [9.17, 15) is 24.0 Å². The average molecular weight is 774 g/mol. The second kappa shape index (κ2) is 18.8. The maximum absolute atomic E-state index is 14.2. The summed E-state index contributed by atoms with van der Waals surface area (Å²) in [5.74, 6) is -1.48. The van der Waals surface area contributed by atoms with Crippen molar-refractivity contribution in [2.24, 2.45) is 16.6 Å². The van der Waals surface area contributed by atoms with Crippen molar-refractivity contribution in [1.29, 1.82) is 0 Å². The molecular formula is C44H67N7O5. The number of nitrogens with zero attached hydrogens (tertiary/aromatic N) is 4. The summed E-state index contributed by atoms with van der Waals surface area (Å²) in [6, 6.07) is 12.6. The standard InChI is InChI=1S/C44H67N7O5/c1-43(2,3)25-36(48(7)8)41(55)50-27-31-19-13-11-17-29(31)23-34(50)39(53)46-22-16-15-21-33(38(45)52)47-40(54)35-24-30-18-12-14-20-32(30)28-51(35)42(56)37(49(9)10)26-44(4,5)6/h11-14,17-20,33-37H,15-16,21-28H2,1-10H3,(H2,45,52)(H,46,53)(H,47,54)/t33-,34-,35-,36-,37-/m0/s1. The molecule has 12 nitrogen and oxygen atoms in total. The minimum Gasteiger partial charge on any atom is -0.368 e. The first kappa shape index (κ1) is 44.4. The Hall–Kier alpha value is -4.29. The van der Waals surface area contributed by atoms with E-state index in [2.05, 4.69) is 52.2 Å². The number of amides is 5. The molecule has 5 atom stereocenters. The summed E-state index contributed by atoms with van der Waals surface area (Å²) in [7, 11) is 7.57. The van der Waals surface area contributed by atoms with Gasteiger partial charge in [-0.05, 0) is 93.4 Å². The molecule has 2 aliphatic rings. The van der Waals surface area contributed by atoms with Crippen LogP contribution < -0.4 is 16.4 Å². The lowest BCUT2D eigenvalue weighted by Gasteiger charge is -2.40. The lowest BCUT2D eigenvalue weighted by Crippen LogP contribution is -2.59.